The fraction of sp³-hybridized carbons (Fsp3) is 0.467. The molecular weight excluding hydrogens is 275 g/mol. The molecule has 21 heavy (non-hydrogen) atoms. The van der Waals surface area contributed by atoms with Gasteiger partial charge in [0.15, 0.2) is 0 Å². The lowest BCUT2D eigenvalue weighted by Crippen LogP contribution is -2.42. The Kier molecular flexibility index (Phi) is 4.77. The smallest absolute Gasteiger partial charge is 0.340 e. The summed E-state index contributed by atoms with van der Waals surface area (Å²) in [6, 6.07) is 3.46. The fourth-order valence-electron chi connectivity index (χ4n) is 2.62. The van der Waals surface area contributed by atoms with Crippen molar-refractivity contribution in [1.82, 2.24) is 4.90 Å². The summed E-state index contributed by atoms with van der Waals surface area (Å²) >= 11 is 0. The molecule has 1 aliphatic heterocycles. The standard InChI is InChI=1S/C15H19FN2O3/c1-2-10-5-4-8-18(9-10)15(21)17-12-7-3-6-11(16)13(12)14(19)20/h3,6-7,10H,2,4-5,8-9H2,1H3,(H,17,21)(H,19,20). The molecule has 1 aliphatic rings. The molecule has 2 N–H and O–H groups in total. The van der Waals surface area contributed by atoms with Gasteiger partial charge in [0.2, 0.25) is 0 Å². The van der Waals surface area contributed by atoms with Crippen molar-refractivity contribution in [3.8, 4) is 0 Å². The average molecular weight is 294 g/mol. The number of urea groups is 1. The molecular formula is C15H19FN2O3. The molecule has 2 rings (SSSR count). The number of carboxylic acids is 1. The van der Waals surface area contributed by atoms with Gasteiger partial charge in [-0.2, -0.15) is 0 Å². The second kappa shape index (κ2) is 6.56. The molecule has 0 aliphatic carbocycles. The molecule has 0 aromatic heterocycles. The van der Waals surface area contributed by atoms with E-state index in [1.165, 1.54) is 12.1 Å². The second-order valence-electron chi connectivity index (χ2n) is 5.26. The van der Waals surface area contributed by atoms with Crippen LogP contribution in [-0.2, 0) is 0 Å². The number of nitrogens with one attached hydrogen (secondary N) is 1. The quantitative estimate of drug-likeness (QED) is 0.899. The monoisotopic (exact) mass is 294 g/mol. The van der Waals surface area contributed by atoms with Crippen molar-refractivity contribution in [2.24, 2.45) is 5.92 Å². The van der Waals surface area contributed by atoms with Crippen LogP contribution in [0.5, 0.6) is 0 Å². The zero-order valence-electron chi connectivity index (χ0n) is 11.9. The first-order chi connectivity index (χ1) is 10.0. The van der Waals surface area contributed by atoms with E-state index in [2.05, 4.69) is 12.2 Å². The zero-order valence-corrected chi connectivity index (χ0v) is 11.9. The molecule has 1 aromatic rings. The van der Waals surface area contributed by atoms with E-state index in [1.807, 2.05) is 0 Å². The molecule has 0 spiro atoms. The van der Waals surface area contributed by atoms with Crippen LogP contribution in [-0.4, -0.2) is 35.1 Å². The highest BCUT2D eigenvalue weighted by Crippen LogP contribution is 2.22. The summed E-state index contributed by atoms with van der Waals surface area (Å²) in [7, 11) is 0. The van der Waals surface area contributed by atoms with E-state index in [0.29, 0.717) is 19.0 Å². The van der Waals surface area contributed by atoms with Crippen molar-refractivity contribution >= 4 is 17.7 Å². The van der Waals surface area contributed by atoms with Gasteiger partial charge in [-0.15, -0.1) is 0 Å². The van der Waals surface area contributed by atoms with Crippen molar-refractivity contribution in [3.05, 3.63) is 29.6 Å². The van der Waals surface area contributed by atoms with Crippen molar-refractivity contribution in [1.29, 1.82) is 0 Å². The Morgan fingerprint density at radius 2 is 2.24 bits per heavy atom. The first-order valence-corrected chi connectivity index (χ1v) is 7.10. The van der Waals surface area contributed by atoms with Crippen LogP contribution in [0, 0.1) is 11.7 Å². The summed E-state index contributed by atoms with van der Waals surface area (Å²) in [5, 5.41) is 11.6. The number of benzene rings is 1. The van der Waals surface area contributed by atoms with E-state index in [9.17, 15) is 14.0 Å². The number of anilines is 1. The van der Waals surface area contributed by atoms with Crippen LogP contribution < -0.4 is 5.32 Å². The maximum Gasteiger partial charge on any atom is 0.340 e. The lowest BCUT2D eigenvalue weighted by Gasteiger charge is -2.32. The Morgan fingerprint density at radius 3 is 2.90 bits per heavy atom. The van der Waals surface area contributed by atoms with Crippen LogP contribution in [0.15, 0.2) is 18.2 Å². The predicted molar refractivity (Wildman–Crippen MR) is 77.0 cm³/mol. The highest BCUT2D eigenvalue weighted by atomic mass is 19.1. The summed E-state index contributed by atoms with van der Waals surface area (Å²) in [5.41, 5.74) is -0.513. The molecule has 1 atom stereocenters. The molecule has 5 nitrogen and oxygen atoms in total. The number of amides is 2. The summed E-state index contributed by atoms with van der Waals surface area (Å²) in [6.45, 7) is 3.38. The number of carbonyl (C=O) groups is 2. The van der Waals surface area contributed by atoms with Crippen LogP contribution in [0.25, 0.3) is 0 Å². The molecule has 114 valence electrons. The third kappa shape index (κ3) is 3.51. The number of halogens is 1. The zero-order chi connectivity index (χ0) is 15.4. The highest BCUT2D eigenvalue weighted by Gasteiger charge is 2.24. The van der Waals surface area contributed by atoms with Crippen molar-refractivity contribution in [2.45, 2.75) is 26.2 Å². The number of carboxylic acid groups (broad SMARTS) is 1. The maximum absolute atomic E-state index is 13.6. The van der Waals surface area contributed by atoms with Crippen LogP contribution in [0.4, 0.5) is 14.9 Å². The molecule has 1 heterocycles. The molecule has 1 saturated heterocycles. The maximum atomic E-state index is 13.6. The Labute approximate surface area is 122 Å². The van der Waals surface area contributed by atoms with E-state index < -0.39 is 17.3 Å². The van der Waals surface area contributed by atoms with Crippen LogP contribution in [0.1, 0.15) is 36.5 Å². The van der Waals surface area contributed by atoms with Crippen molar-refractivity contribution in [2.75, 3.05) is 18.4 Å². The van der Waals surface area contributed by atoms with E-state index >= 15 is 0 Å². The fourth-order valence-corrected chi connectivity index (χ4v) is 2.62. The van der Waals surface area contributed by atoms with E-state index in [-0.39, 0.29) is 11.7 Å². The molecule has 1 unspecified atom stereocenters. The summed E-state index contributed by atoms with van der Waals surface area (Å²) in [5.74, 6) is -1.78. The number of nitrogens with zero attached hydrogens (tertiary/aromatic N) is 1. The molecule has 0 radical (unpaired) electrons. The minimum Gasteiger partial charge on any atom is -0.478 e. The van der Waals surface area contributed by atoms with Gasteiger partial charge < -0.3 is 15.3 Å². The number of aromatic carboxylic acids is 1. The van der Waals surface area contributed by atoms with E-state index in [1.54, 1.807) is 4.90 Å². The third-order valence-electron chi connectivity index (χ3n) is 3.85. The molecule has 0 bridgehead atoms. The molecule has 1 fully saturated rings. The minimum atomic E-state index is -1.39. The highest BCUT2D eigenvalue weighted by molar-refractivity contribution is 6.00. The number of likely N-dealkylation sites (tertiary alicyclic amines) is 1. The van der Waals surface area contributed by atoms with Crippen LogP contribution in [0.3, 0.4) is 0 Å². The van der Waals surface area contributed by atoms with Gasteiger partial charge in [-0.25, -0.2) is 14.0 Å². The van der Waals surface area contributed by atoms with Crippen LogP contribution >= 0.6 is 0 Å². The van der Waals surface area contributed by atoms with Gasteiger partial charge in [-0.1, -0.05) is 19.4 Å². The number of hydrogen-bond donors (Lipinski definition) is 2. The molecule has 6 heteroatoms. The second-order valence-corrected chi connectivity index (χ2v) is 5.26. The number of carbonyl (C=O) groups excluding carboxylic acids is 1. The summed E-state index contributed by atoms with van der Waals surface area (Å²) in [6.07, 6.45) is 3.03. The van der Waals surface area contributed by atoms with Gasteiger partial charge in [0.25, 0.3) is 0 Å². The first-order valence-electron chi connectivity index (χ1n) is 7.10. The van der Waals surface area contributed by atoms with E-state index in [0.717, 1.165) is 25.3 Å². The lowest BCUT2D eigenvalue weighted by atomic mass is 9.96. The summed E-state index contributed by atoms with van der Waals surface area (Å²) in [4.78, 5) is 25.0. The Morgan fingerprint density at radius 1 is 1.48 bits per heavy atom. The largest absolute Gasteiger partial charge is 0.478 e. The van der Waals surface area contributed by atoms with Gasteiger partial charge in [-0.05, 0) is 30.9 Å². The predicted octanol–water partition coefficient (Wildman–Crippen LogP) is 3.18. The molecule has 0 saturated carbocycles. The number of hydrogen-bond acceptors (Lipinski definition) is 2. The number of piperidine rings is 1. The Hall–Kier alpha value is -2.11. The van der Waals surface area contributed by atoms with Crippen LogP contribution in [0.2, 0.25) is 0 Å². The normalized spacial score (nSPS) is 18.4. The van der Waals surface area contributed by atoms with Gasteiger partial charge in [-0.3, -0.25) is 0 Å². The third-order valence-corrected chi connectivity index (χ3v) is 3.85. The summed E-state index contributed by atoms with van der Waals surface area (Å²) < 4.78 is 13.6. The van der Waals surface area contributed by atoms with Gasteiger partial charge in [0, 0.05) is 13.1 Å². The Balaban J connectivity index is 2.13. The van der Waals surface area contributed by atoms with Gasteiger partial charge in [0.1, 0.15) is 11.4 Å². The van der Waals surface area contributed by atoms with Gasteiger partial charge in [0.05, 0.1) is 5.69 Å². The topological polar surface area (TPSA) is 69.6 Å². The minimum absolute atomic E-state index is 0.00822. The van der Waals surface area contributed by atoms with Gasteiger partial charge >= 0.3 is 12.0 Å². The average Bonchev–Trinajstić information content (AvgIpc) is 2.47. The SMILES string of the molecule is CCC1CCCN(C(=O)Nc2cccc(F)c2C(=O)O)C1. The Bertz CT molecular complexity index is 548. The lowest BCUT2D eigenvalue weighted by molar-refractivity contribution is 0.0693. The molecule has 1 aromatic carbocycles. The van der Waals surface area contributed by atoms with Crippen molar-refractivity contribution < 1.29 is 19.1 Å². The first kappa shape index (κ1) is 15.3. The number of rotatable bonds is 3. The molecule has 2 amide bonds. The van der Waals surface area contributed by atoms with Crippen molar-refractivity contribution in [3.63, 3.8) is 0 Å². The van der Waals surface area contributed by atoms with E-state index in [4.69, 9.17) is 5.11 Å².